The van der Waals surface area contributed by atoms with Crippen molar-refractivity contribution < 1.29 is 9.53 Å². The van der Waals surface area contributed by atoms with E-state index in [4.69, 9.17) is 11.6 Å². The lowest BCUT2D eigenvalue weighted by atomic mass is 10.1. The molecule has 0 aliphatic rings. The Morgan fingerprint density at radius 2 is 2.21 bits per heavy atom. The number of carbonyl (C=O) groups is 1. The third kappa shape index (κ3) is 4.11. The number of halogens is 2. The zero-order valence-corrected chi connectivity index (χ0v) is 10.4. The Kier molecular flexibility index (Phi) is 7.52. The molecule has 0 aromatic heterocycles. The highest BCUT2D eigenvalue weighted by Gasteiger charge is 2.12. The molecule has 0 N–H and O–H groups in total. The second kappa shape index (κ2) is 7.83. The molecule has 78 valence electrons. The number of allylic oxidation sites excluding steroid dienone is 3. The molecule has 14 heavy (non-hydrogen) atoms. The minimum absolute atomic E-state index is 0.368. The molecule has 2 nitrogen and oxygen atoms in total. The standard InChI is InChI=1S/C10H12BrClO2/c1-3-8(7-11)9(5-4-6-12)10(13)14-2/h3-6H,7H2,1-2H3/b6-4+,8-3-,9-5+. The minimum Gasteiger partial charge on any atom is -0.465 e. The Bertz CT molecular complexity index is 280. The van der Waals surface area contributed by atoms with Gasteiger partial charge in [0.05, 0.1) is 12.7 Å². The second-order valence-corrected chi connectivity index (χ2v) is 3.15. The Labute approximate surface area is 97.4 Å². The SMILES string of the molecule is C\C=C(CBr)/C(=C\C=C\Cl)C(=O)OC. The quantitative estimate of drug-likeness (QED) is 0.342. The Balaban J connectivity index is 4.99. The van der Waals surface area contributed by atoms with Crippen molar-refractivity contribution >= 4 is 33.5 Å². The van der Waals surface area contributed by atoms with Crippen LogP contribution in [0.4, 0.5) is 0 Å². The molecule has 0 spiro atoms. The third-order valence-electron chi connectivity index (χ3n) is 1.58. The van der Waals surface area contributed by atoms with Crippen LogP contribution in [-0.2, 0) is 9.53 Å². The van der Waals surface area contributed by atoms with Crippen molar-refractivity contribution in [2.75, 3.05) is 12.4 Å². The van der Waals surface area contributed by atoms with Gasteiger partial charge in [-0.2, -0.15) is 0 Å². The summed E-state index contributed by atoms with van der Waals surface area (Å²) in [7, 11) is 1.35. The molecule has 0 aliphatic carbocycles. The van der Waals surface area contributed by atoms with Gasteiger partial charge in [-0.05, 0) is 18.6 Å². The molecule has 0 aromatic carbocycles. The number of methoxy groups -OCH3 is 1. The molecule has 0 aromatic rings. The van der Waals surface area contributed by atoms with Crippen LogP contribution in [-0.4, -0.2) is 18.4 Å². The summed E-state index contributed by atoms with van der Waals surface area (Å²) >= 11 is 8.67. The molecule has 0 amide bonds. The minimum atomic E-state index is -0.368. The summed E-state index contributed by atoms with van der Waals surface area (Å²) < 4.78 is 4.65. The van der Waals surface area contributed by atoms with Crippen LogP contribution in [0.1, 0.15) is 6.92 Å². The van der Waals surface area contributed by atoms with Crippen molar-refractivity contribution in [2.24, 2.45) is 0 Å². The van der Waals surface area contributed by atoms with Gasteiger partial charge in [-0.25, -0.2) is 4.79 Å². The van der Waals surface area contributed by atoms with Gasteiger partial charge in [0.2, 0.25) is 0 Å². The molecule has 0 saturated carbocycles. The molecule has 0 fully saturated rings. The topological polar surface area (TPSA) is 26.3 Å². The fourth-order valence-corrected chi connectivity index (χ4v) is 1.55. The first-order valence-electron chi connectivity index (χ1n) is 3.98. The first-order valence-corrected chi connectivity index (χ1v) is 5.53. The van der Waals surface area contributed by atoms with Crippen molar-refractivity contribution in [3.63, 3.8) is 0 Å². The highest BCUT2D eigenvalue weighted by molar-refractivity contribution is 9.09. The third-order valence-corrected chi connectivity index (χ3v) is 2.33. The summed E-state index contributed by atoms with van der Waals surface area (Å²) in [6, 6.07) is 0. The van der Waals surface area contributed by atoms with E-state index in [1.807, 2.05) is 13.0 Å². The molecule has 0 rings (SSSR count). The first kappa shape index (κ1) is 13.5. The van der Waals surface area contributed by atoms with E-state index in [-0.39, 0.29) is 5.97 Å². The van der Waals surface area contributed by atoms with Crippen LogP contribution in [0.3, 0.4) is 0 Å². The molecule has 0 aliphatic heterocycles. The van der Waals surface area contributed by atoms with E-state index in [0.717, 1.165) is 5.57 Å². The maximum Gasteiger partial charge on any atom is 0.338 e. The maximum absolute atomic E-state index is 11.3. The number of ether oxygens (including phenoxy) is 1. The average molecular weight is 280 g/mol. The van der Waals surface area contributed by atoms with Crippen LogP contribution >= 0.6 is 27.5 Å². The van der Waals surface area contributed by atoms with Crippen LogP contribution in [0.5, 0.6) is 0 Å². The predicted octanol–water partition coefficient (Wildman–Crippen LogP) is 3.18. The number of hydrogen-bond acceptors (Lipinski definition) is 2. The Morgan fingerprint density at radius 1 is 1.57 bits per heavy atom. The number of hydrogen-bond donors (Lipinski definition) is 0. The molecule has 0 unspecified atom stereocenters. The van der Waals surface area contributed by atoms with E-state index >= 15 is 0 Å². The van der Waals surface area contributed by atoms with Crippen LogP contribution in [0, 0.1) is 0 Å². The molecule has 0 saturated heterocycles. The monoisotopic (exact) mass is 278 g/mol. The normalized spacial score (nSPS) is 13.4. The van der Waals surface area contributed by atoms with Crippen LogP contribution in [0.15, 0.2) is 34.9 Å². The fourth-order valence-electron chi connectivity index (χ4n) is 0.853. The van der Waals surface area contributed by atoms with E-state index in [2.05, 4.69) is 20.7 Å². The molecule has 0 heterocycles. The highest BCUT2D eigenvalue weighted by atomic mass is 79.9. The number of rotatable bonds is 4. The van der Waals surface area contributed by atoms with Gasteiger partial charge < -0.3 is 4.74 Å². The summed E-state index contributed by atoms with van der Waals surface area (Å²) in [4.78, 5) is 11.3. The van der Waals surface area contributed by atoms with Gasteiger partial charge in [0.25, 0.3) is 0 Å². The van der Waals surface area contributed by atoms with Crippen molar-refractivity contribution in [1.29, 1.82) is 0 Å². The largest absolute Gasteiger partial charge is 0.465 e. The number of alkyl halides is 1. The van der Waals surface area contributed by atoms with Gasteiger partial charge >= 0.3 is 5.97 Å². The summed E-state index contributed by atoms with van der Waals surface area (Å²) in [6.07, 6.45) is 5.05. The smallest absolute Gasteiger partial charge is 0.338 e. The Morgan fingerprint density at radius 3 is 2.57 bits per heavy atom. The van der Waals surface area contributed by atoms with Gasteiger partial charge in [-0.15, -0.1) is 0 Å². The van der Waals surface area contributed by atoms with Gasteiger partial charge in [0.15, 0.2) is 0 Å². The van der Waals surface area contributed by atoms with Gasteiger partial charge in [-0.1, -0.05) is 39.7 Å². The average Bonchev–Trinajstić information content (AvgIpc) is 2.23. The van der Waals surface area contributed by atoms with Gasteiger partial charge in [0, 0.05) is 10.9 Å². The fraction of sp³-hybridized carbons (Fsp3) is 0.300. The maximum atomic E-state index is 11.3. The molecule has 4 heteroatoms. The summed E-state index contributed by atoms with van der Waals surface area (Å²) in [5.74, 6) is -0.368. The van der Waals surface area contributed by atoms with E-state index in [9.17, 15) is 4.79 Å². The summed E-state index contributed by atoms with van der Waals surface area (Å²) in [5.41, 5.74) is 2.71. The second-order valence-electron chi connectivity index (χ2n) is 2.34. The molecule has 0 atom stereocenters. The lowest BCUT2D eigenvalue weighted by molar-refractivity contribution is -0.135. The number of carbonyl (C=O) groups excluding carboxylic acids is 1. The molecule has 0 bridgehead atoms. The lowest BCUT2D eigenvalue weighted by Gasteiger charge is -2.05. The zero-order valence-electron chi connectivity index (χ0n) is 8.09. The van der Waals surface area contributed by atoms with Crippen molar-refractivity contribution in [3.8, 4) is 0 Å². The molecular weight excluding hydrogens is 267 g/mol. The summed E-state index contributed by atoms with van der Waals surface area (Å²) in [6.45, 7) is 1.86. The van der Waals surface area contributed by atoms with Gasteiger partial charge in [-0.3, -0.25) is 0 Å². The van der Waals surface area contributed by atoms with Crippen molar-refractivity contribution in [3.05, 3.63) is 34.9 Å². The van der Waals surface area contributed by atoms with Crippen LogP contribution < -0.4 is 0 Å². The molecule has 0 radical (unpaired) electrons. The van der Waals surface area contributed by atoms with Gasteiger partial charge in [0.1, 0.15) is 0 Å². The summed E-state index contributed by atoms with van der Waals surface area (Å²) in [5, 5.41) is 0.598. The van der Waals surface area contributed by atoms with Crippen LogP contribution in [0.25, 0.3) is 0 Å². The van der Waals surface area contributed by atoms with E-state index in [0.29, 0.717) is 10.9 Å². The first-order chi connectivity index (χ1) is 6.71. The number of esters is 1. The van der Waals surface area contributed by atoms with E-state index in [1.54, 1.807) is 12.2 Å². The molecular formula is C10H12BrClO2. The van der Waals surface area contributed by atoms with E-state index in [1.165, 1.54) is 12.6 Å². The van der Waals surface area contributed by atoms with Crippen molar-refractivity contribution in [1.82, 2.24) is 0 Å². The van der Waals surface area contributed by atoms with Crippen molar-refractivity contribution in [2.45, 2.75) is 6.92 Å². The zero-order chi connectivity index (χ0) is 11.0. The lowest BCUT2D eigenvalue weighted by Crippen LogP contribution is -2.07. The Hall–Kier alpha value is -0.540. The van der Waals surface area contributed by atoms with Crippen LogP contribution in [0.2, 0.25) is 0 Å². The predicted molar refractivity (Wildman–Crippen MR) is 62.6 cm³/mol. The highest BCUT2D eigenvalue weighted by Crippen LogP contribution is 2.14. The van der Waals surface area contributed by atoms with E-state index < -0.39 is 0 Å².